The van der Waals surface area contributed by atoms with Crippen LogP contribution in [0.15, 0.2) is 35.1 Å². The van der Waals surface area contributed by atoms with Crippen LogP contribution >= 0.6 is 0 Å². The Morgan fingerprint density at radius 1 is 1.12 bits per heavy atom. The zero-order valence-corrected chi connectivity index (χ0v) is 19.1. The van der Waals surface area contributed by atoms with Gasteiger partial charge in [0.2, 0.25) is 11.8 Å². The van der Waals surface area contributed by atoms with E-state index in [0.29, 0.717) is 48.1 Å². The maximum absolute atomic E-state index is 5.78. The molecule has 0 radical (unpaired) electrons. The number of aryl methyl sites for hydroxylation is 2. The summed E-state index contributed by atoms with van der Waals surface area (Å²) in [6.07, 6.45) is 4.18. The summed E-state index contributed by atoms with van der Waals surface area (Å²) in [7, 11) is 1.63. The fourth-order valence-electron chi connectivity index (χ4n) is 3.66. The smallest absolute Gasteiger partial charge is 0.231 e. The van der Waals surface area contributed by atoms with Crippen molar-refractivity contribution in [2.24, 2.45) is 0 Å². The van der Waals surface area contributed by atoms with Crippen molar-refractivity contribution >= 4 is 17.6 Å². The molecule has 5 heterocycles. The quantitative estimate of drug-likeness (QED) is 0.354. The number of ether oxygens (including phenoxy) is 2. The number of nitrogens with one attached hydrogen (secondary N) is 2. The molecule has 0 aromatic carbocycles. The van der Waals surface area contributed by atoms with Gasteiger partial charge in [-0.15, -0.1) is 0 Å². The molecule has 34 heavy (non-hydrogen) atoms. The average molecular weight is 464 g/mol. The second-order valence-electron chi connectivity index (χ2n) is 7.90. The normalized spacial score (nSPS) is 15.3. The van der Waals surface area contributed by atoms with E-state index in [-0.39, 0.29) is 6.04 Å². The minimum absolute atomic E-state index is 0.0482. The monoisotopic (exact) mass is 463 g/mol. The average Bonchev–Trinajstić information content (AvgIpc) is 3.42. The Morgan fingerprint density at radius 2 is 2.00 bits per heavy atom. The maximum atomic E-state index is 5.78. The van der Waals surface area contributed by atoms with Crippen LogP contribution in [0.5, 0.6) is 5.88 Å². The van der Waals surface area contributed by atoms with Crippen molar-refractivity contribution in [2.75, 3.05) is 37.1 Å². The lowest BCUT2D eigenvalue weighted by molar-refractivity contribution is 0.143. The number of rotatable bonds is 9. The highest BCUT2D eigenvalue weighted by atomic mass is 16.5. The predicted molar refractivity (Wildman–Crippen MR) is 123 cm³/mol. The first kappa shape index (κ1) is 21.8. The summed E-state index contributed by atoms with van der Waals surface area (Å²) in [5, 5.41) is 14.5. The van der Waals surface area contributed by atoms with Gasteiger partial charge < -0.3 is 24.2 Å². The van der Waals surface area contributed by atoms with Crippen LogP contribution in [0.25, 0.3) is 11.4 Å². The van der Waals surface area contributed by atoms with Crippen LogP contribution in [0.3, 0.4) is 0 Å². The van der Waals surface area contributed by atoms with Gasteiger partial charge in [-0.25, -0.2) is 0 Å². The summed E-state index contributed by atoms with van der Waals surface area (Å²) in [5.41, 5.74) is 3.09. The van der Waals surface area contributed by atoms with E-state index in [0.717, 1.165) is 30.1 Å². The Kier molecular flexibility index (Phi) is 6.04. The predicted octanol–water partition coefficient (Wildman–Crippen LogP) is 2.98. The summed E-state index contributed by atoms with van der Waals surface area (Å²) in [6.45, 7) is 5.43. The fourth-order valence-corrected chi connectivity index (χ4v) is 3.66. The molecule has 12 nitrogen and oxygen atoms in total. The number of anilines is 3. The van der Waals surface area contributed by atoms with Gasteiger partial charge in [0, 0.05) is 49.9 Å². The lowest BCUT2D eigenvalue weighted by Crippen LogP contribution is -2.42. The fraction of sp³-hybridized carbons (Fsp3) is 0.364. The van der Waals surface area contributed by atoms with Crippen molar-refractivity contribution in [1.29, 1.82) is 0 Å². The first-order valence-corrected chi connectivity index (χ1v) is 10.9. The van der Waals surface area contributed by atoms with Gasteiger partial charge in [-0.05, 0) is 20.3 Å². The molecule has 0 amide bonds. The molecule has 12 heteroatoms. The zero-order chi connectivity index (χ0) is 23.5. The number of nitrogens with zero attached hydrogens (tertiary/aromatic N) is 7. The highest BCUT2D eigenvalue weighted by molar-refractivity contribution is 5.58. The van der Waals surface area contributed by atoms with Crippen LogP contribution in [0.4, 0.5) is 17.6 Å². The molecular formula is C22H25N9O3. The molecule has 4 aromatic heterocycles. The molecule has 0 unspecified atom stereocenters. The van der Waals surface area contributed by atoms with E-state index in [1.54, 1.807) is 25.6 Å². The largest absolute Gasteiger partial charge is 0.475 e. The lowest BCUT2D eigenvalue weighted by atomic mass is 10.0. The molecule has 0 spiro atoms. The number of hydrogen-bond acceptors (Lipinski definition) is 11. The SMILES string of the molecule is COCCOc1cc(Nc2cc(C)[nH]n2)nc(N2CC[C@H]2c2cc(-c3nccnc3C)no2)n1. The number of aromatic amines is 1. The second-order valence-corrected chi connectivity index (χ2v) is 7.90. The van der Waals surface area contributed by atoms with Crippen LogP contribution in [0.2, 0.25) is 0 Å². The molecule has 0 bridgehead atoms. The van der Waals surface area contributed by atoms with E-state index in [1.165, 1.54) is 0 Å². The molecule has 176 valence electrons. The van der Waals surface area contributed by atoms with Crippen molar-refractivity contribution in [1.82, 2.24) is 35.3 Å². The van der Waals surface area contributed by atoms with Crippen LogP contribution in [-0.2, 0) is 4.74 Å². The molecule has 0 aliphatic carbocycles. The molecular weight excluding hydrogens is 438 g/mol. The summed E-state index contributed by atoms with van der Waals surface area (Å²) in [4.78, 5) is 20.0. The van der Waals surface area contributed by atoms with E-state index in [1.807, 2.05) is 26.0 Å². The number of hydrogen-bond donors (Lipinski definition) is 2. The lowest BCUT2D eigenvalue weighted by Gasteiger charge is -2.39. The maximum Gasteiger partial charge on any atom is 0.231 e. The van der Waals surface area contributed by atoms with E-state index < -0.39 is 0 Å². The third-order valence-electron chi connectivity index (χ3n) is 5.45. The zero-order valence-electron chi connectivity index (χ0n) is 19.1. The van der Waals surface area contributed by atoms with Gasteiger partial charge >= 0.3 is 0 Å². The minimum Gasteiger partial charge on any atom is -0.475 e. The summed E-state index contributed by atoms with van der Waals surface area (Å²) < 4.78 is 16.5. The van der Waals surface area contributed by atoms with Gasteiger partial charge in [0.15, 0.2) is 11.6 Å². The Hall–Kier alpha value is -4.06. The summed E-state index contributed by atoms with van der Waals surface area (Å²) in [6, 6.07) is 5.48. The van der Waals surface area contributed by atoms with E-state index in [2.05, 4.69) is 40.5 Å². The van der Waals surface area contributed by atoms with Gasteiger partial charge in [0.25, 0.3) is 0 Å². The molecule has 1 aliphatic rings. The third kappa shape index (κ3) is 4.53. The standard InChI is InChI=1S/C22H25N9O3/c1-13-10-19(29-28-13)25-18-12-20(33-9-8-32-3)27-22(26-18)31-7-4-16(31)17-11-15(30-34-17)21-14(2)23-5-6-24-21/h5-6,10-12,16H,4,7-9H2,1-3H3,(H2,25,26,27,28,29)/t16-/m0/s1. The van der Waals surface area contributed by atoms with E-state index >= 15 is 0 Å². The van der Waals surface area contributed by atoms with Gasteiger partial charge in [-0.3, -0.25) is 15.1 Å². The first-order chi connectivity index (χ1) is 16.6. The summed E-state index contributed by atoms with van der Waals surface area (Å²) >= 11 is 0. The first-order valence-electron chi connectivity index (χ1n) is 10.9. The van der Waals surface area contributed by atoms with Crippen LogP contribution in [-0.4, -0.2) is 62.2 Å². The molecule has 1 saturated heterocycles. The molecule has 5 rings (SSSR count). The highest BCUT2D eigenvalue weighted by Crippen LogP contribution is 2.38. The van der Waals surface area contributed by atoms with Crippen molar-refractivity contribution in [3.63, 3.8) is 0 Å². The van der Waals surface area contributed by atoms with Crippen molar-refractivity contribution in [3.05, 3.63) is 47.7 Å². The van der Waals surface area contributed by atoms with Crippen molar-refractivity contribution in [2.45, 2.75) is 26.3 Å². The van der Waals surface area contributed by atoms with Gasteiger partial charge in [0.1, 0.15) is 23.8 Å². The van der Waals surface area contributed by atoms with Crippen LogP contribution in [0, 0.1) is 13.8 Å². The van der Waals surface area contributed by atoms with E-state index in [4.69, 9.17) is 19.0 Å². The number of aromatic nitrogens is 7. The van der Waals surface area contributed by atoms with Gasteiger partial charge in [0.05, 0.1) is 18.3 Å². The second kappa shape index (κ2) is 9.43. The van der Waals surface area contributed by atoms with E-state index in [9.17, 15) is 0 Å². The molecule has 1 aliphatic heterocycles. The van der Waals surface area contributed by atoms with Crippen LogP contribution in [0.1, 0.15) is 29.6 Å². The topological polar surface area (TPSA) is 140 Å². The van der Waals surface area contributed by atoms with Crippen molar-refractivity contribution in [3.8, 4) is 17.3 Å². The highest BCUT2D eigenvalue weighted by Gasteiger charge is 2.35. The van der Waals surface area contributed by atoms with Crippen LogP contribution < -0.4 is 15.0 Å². The molecule has 4 aromatic rings. The minimum atomic E-state index is -0.0482. The molecule has 0 saturated carbocycles. The van der Waals surface area contributed by atoms with Gasteiger partial charge in [-0.2, -0.15) is 15.1 Å². The third-order valence-corrected chi connectivity index (χ3v) is 5.45. The molecule has 1 fully saturated rings. The Labute approximate surface area is 195 Å². The molecule has 2 N–H and O–H groups in total. The Morgan fingerprint density at radius 3 is 2.74 bits per heavy atom. The van der Waals surface area contributed by atoms with Gasteiger partial charge in [-0.1, -0.05) is 5.16 Å². The summed E-state index contributed by atoms with van der Waals surface area (Å²) in [5.74, 6) is 2.91. The Balaban J connectivity index is 1.40. The number of H-pyrrole nitrogens is 1. The van der Waals surface area contributed by atoms with Crippen molar-refractivity contribution < 1.29 is 14.0 Å². The molecule has 1 atom stereocenters. The number of methoxy groups -OCH3 is 1. The Bertz CT molecular complexity index is 1270.